The number of hydrogen-bond acceptors (Lipinski definition) is 8. The molecule has 0 aromatic carbocycles. The molecule has 0 bridgehead atoms. The molecule has 5 atom stereocenters. The molecule has 37 heavy (non-hydrogen) atoms. The largest absolute Gasteiger partial charge is 0.394 e. The van der Waals surface area contributed by atoms with Gasteiger partial charge < -0.3 is 25.0 Å². The molecule has 0 spiro atoms. The average molecular weight is 530 g/mol. The van der Waals surface area contributed by atoms with Crippen molar-refractivity contribution in [3.05, 3.63) is 12.7 Å². The van der Waals surface area contributed by atoms with E-state index in [0.29, 0.717) is 6.42 Å². The Labute approximate surface area is 223 Å². The van der Waals surface area contributed by atoms with E-state index in [0.717, 1.165) is 25.3 Å². The first-order chi connectivity index (χ1) is 17.9. The van der Waals surface area contributed by atoms with Gasteiger partial charge in [0.15, 0.2) is 0 Å². The van der Waals surface area contributed by atoms with E-state index in [1.165, 1.54) is 82.6 Å². The Morgan fingerprint density at radius 2 is 1.35 bits per heavy atom. The summed E-state index contributed by atoms with van der Waals surface area (Å²) in [6.45, 7) is 4.93. The molecule has 216 valence electrons. The highest BCUT2D eigenvalue weighted by Crippen LogP contribution is 2.26. The van der Waals surface area contributed by atoms with Gasteiger partial charge in [-0.25, -0.2) is 4.79 Å². The molecule has 0 aromatic rings. The second-order valence-electron chi connectivity index (χ2n) is 10.1. The van der Waals surface area contributed by atoms with Crippen molar-refractivity contribution in [2.45, 2.75) is 140 Å². The van der Waals surface area contributed by atoms with E-state index >= 15 is 0 Å². The number of carbonyl (C=O) groups is 2. The maximum absolute atomic E-state index is 12.8. The zero-order chi connectivity index (χ0) is 27.5. The summed E-state index contributed by atoms with van der Waals surface area (Å²) in [6, 6.07) is -1.13. The lowest BCUT2D eigenvalue weighted by Gasteiger charge is -2.44. The fourth-order valence-corrected chi connectivity index (χ4v) is 4.68. The van der Waals surface area contributed by atoms with Gasteiger partial charge in [-0.2, -0.15) is 4.89 Å². The Hall–Kier alpha value is -1.52. The Balaban J connectivity index is 2.26. The highest BCUT2D eigenvalue weighted by molar-refractivity contribution is 5.80. The molecular formula is C28H51NO8. The third-order valence-corrected chi connectivity index (χ3v) is 7.08. The lowest BCUT2D eigenvalue weighted by molar-refractivity contribution is -0.393. The van der Waals surface area contributed by atoms with Crippen LogP contribution in [0, 0.1) is 0 Å². The van der Waals surface area contributed by atoms with Crippen LogP contribution in [-0.2, 0) is 24.1 Å². The summed E-state index contributed by atoms with van der Waals surface area (Å²) in [5.41, 5.74) is 0. The molecule has 0 saturated carbocycles. The molecule has 1 rings (SSSR count). The van der Waals surface area contributed by atoms with Crippen LogP contribution in [0.3, 0.4) is 0 Å². The molecule has 1 amide bonds. The van der Waals surface area contributed by atoms with Gasteiger partial charge in [-0.05, 0) is 6.42 Å². The summed E-state index contributed by atoms with van der Waals surface area (Å²) in [7, 11) is 1.47. The number of carbonyl (C=O) groups excluding carboxylic acids is 2. The highest BCUT2D eigenvalue weighted by Gasteiger charge is 2.48. The minimum atomic E-state index is -1.46. The number of amides is 1. The molecule has 1 aliphatic rings. The van der Waals surface area contributed by atoms with Crippen molar-refractivity contribution >= 4 is 11.9 Å². The second-order valence-corrected chi connectivity index (χ2v) is 10.1. The third kappa shape index (κ3) is 13.2. The van der Waals surface area contributed by atoms with Gasteiger partial charge in [-0.1, -0.05) is 103 Å². The summed E-state index contributed by atoms with van der Waals surface area (Å²) in [5.74, 6) is -1.13. The first-order valence-corrected chi connectivity index (χ1v) is 14.2. The molecule has 0 aromatic heterocycles. The molecule has 1 fully saturated rings. The molecule has 0 aliphatic carbocycles. The average Bonchev–Trinajstić information content (AvgIpc) is 2.90. The fourth-order valence-electron chi connectivity index (χ4n) is 4.68. The lowest BCUT2D eigenvalue weighted by atomic mass is 9.95. The number of aliphatic hydroxyl groups is 3. The zero-order valence-electron chi connectivity index (χ0n) is 23.0. The molecule has 9 nitrogen and oxygen atoms in total. The highest BCUT2D eigenvalue weighted by atomic mass is 17.2. The monoisotopic (exact) mass is 529 g/mol. The Bertz CT molecular complexity index is 631. The Kier molecular flexibility index (Phi) is 18.5. The van der Waals surface area contributed by atoms with Crippen molar-refractivity contribution in [3.8, 4) is 0 Å². The smallest absolute Gasteiger partial charge is 0.365 e. The van der Waals surface area contributed by atoms with Crippen LogP contribution in [0.4, 0.5) is 0 Å². The predicted octanol–water partition coefficient (Wildman–Crippen LogP) is 4.17. The SMILES string of the molecule is C=CC(=O)OOC1O[C@H](CO)[C@@H](O)[C@H](O)[C@H]1N(C)C(=O)CCCCCCCCCCCCCCCCC. The van der Waals surface area contributed by atoms with E-state index in [-0.39, 0.29) is 12.3 Å². The van der Waals surface area contributed by atoms with Crippen molar-refractivity contribution in [2.24, 2.45) is 0 Å². The van der Waals surface area contributed by atoms with Gasteiger partial charge in [0.2, 0.25) is 12.2 Å². The zero-order valence-corrected chi connectivity index (χ0v) is 23.0. The van der Waals surface area contributed by atoms with Gasteiger partial charge in [0.25, 0.3) is 0 Å². The fraction of sp³-hybridized carbons (Fsp3) is 0.857. The summed E-state index contributed by atoms with van der Waals surface area (Å²) < 4.78 is 5.44. The van der Waals surface area contributed by atoms with Crippen LogP contribution in [-0.4, -0.2) is 76.4 Å². The standard InChI is InChI=1S/C28H51NO8/c1-4-6-7-8-9-10-11-12-13-14-15-16-17-18-19-20-23(31)29(3)25-27(34)26(33)22(21-30)35-28(25)37-36-24(32)5-2/h5,22,25-28,30,33-34H,2,4,6-21H2,1,3H3/t22-,25-,26-,27-,28?/m1/s1. The minimum Gasteiger partial charge on any atom is -0.394 e. The van der Waals surface area contributed by atoms with Gasteiger partial charge in [-0.15, -0.1) is 0 Å². The maximum atomic E-state index is 12.8. The van der Waals surface area contributed by atoms with Crippen LogP contribution in [0.25, 0.3) is 0 Å². The minimum absolute atomic E-state index is 0.249. The normalized spacial score (nSPS) is 23.5. The molecular weight excluding hydrogens is 478 g/mol. The number of aliphatic hydroxyl groups excluding tert-OH is 3. The number of hydrogen-bond donors (Lipinski definition) is 3. The molecule has 0 radical (unpaired) electrons. The van der Waals surface area contributed by atoms with Crippen LogP contribution in [0.2, 0.25) is 0 Å². The summed E-state index contributed by atoms with van der Waals surface area (Å²) >= 11 is 0. The third-order valence-electron chi connectivity index (χ3n) is 7.08. The lowest BCUT2D eigenvalue weighted by Crippen LogP contribution is -2.65. The molecule has 1 saturated heterocycles. The Morgan fingerprint density at radius 1 is 0.865 bits per heavy atom. The topological polar surface area (TPSA) is 126 Å². The van der Waals surface area contributed by atoms with Crippen molar-refractivity contribution < 1.29 is 39.4 Å². The molecule has 1 aliphatic heterocycles. The van der Waals surface area contributed by atoms with Crippen LogP contribution < -0.4 is 0 Å². The number of nitrogens with zero attached hydrogens (tertiary/aromatic N) is 1. The second kappa shape index (κ2) is 20.4. The number of rotatable bonds is 21. The number of ether oxygens (including phenoxy) is 1. The van der Waals surface area contributed by atoms with Gasteiger partial charge >= 0.3 is 5.97 Å². The van der Waals surface area contributed by atoms with Crippen LogP contribution in [0.15, 0.2) is 12.7 Å². The number of unbranched alkanes of at least 4 members (excludes halogenated alkanes) is 14. The maximum Gasteiger partial charge on any atom is 0.365 e. The van der Waals surface area contributed by atoms with Gasteiger partial charge in [0.05, 0.1) is 6.61 Å². The van der Waals surface area contributed by atoms with Crippen LogP contribution >= 0.6 is 0 Å². The van der Waals surface area contributed by atoms with Crippen molar-refractivity contribution in [1.29, 1.82) is 0 Å². The van der Waals surface area contributed by atoms with Crippen molar-refractivity contribution in [2.75, 3.05) is 13.7 Å². The molecule has 9 heteroatoms. The summed E-state index contributed by atoms with van der Waals surface area (Å²) in [4.78, 5) is 34.9. The predicted molar refractivity (Wildman–Crippen MR) is 141 cm³/mol. The van der Waals surface area contributed by atoms with Gasteiger partial charge in [0.1, 0.15) is 24.4 Å². The summed E-state index contributed by atoms with van der Waals surface area (Å²) in [5, 5.41) is 30.2. The van der Waals surface area contributed by atoms with E-state index in [2.05, 4.69) is 18.4 Å². The van der Waals surface area contributed by atoms with E-state index in [1.807, 2.05) is 0 Å². The quantitative estimate of drug-likeness (QED) is 0.0875. The van der Waals surface area contributed by atoms with Crippen LogP contribution in [0.5, 0.6) is 0 Å². The molecule has 1 heterocycles. The summed E-state index contributed by atoms with van der Waals surface area (Å²) in [6.07, 6.45) is 14.3. The molecule has 1 unspecified atom stereocenters. The molecule has 3 N–H and O–H groups in total. The first kappa shape index (κ1) is 33.5. The van der Waals surface area contributed by atoms with Crippen LogP contribution in [0.1, 0.15) is 110 Å². The van der Waals surface area contributed by atoms with Crippen molar-refractivity contribution in [1.82, 2.24) is 4.90 Å². The Morgan fingerprint density at radius 3 is 1.81 bits per heavy atom. The van der Waals surface area contributed by atoms with Crippen molar-refractivity contribution in [3.63, 3.8) is 0 Å². The van der Waals surface area contributed by atoms with E-state index in [4.69, 9.17) is 9.62 Å². The van der Waals surface area contributed by atoms with E-state index < -0.39 is 43.2 Å². The van der Waals surface area contributed by atoms with Gasteiger partial charge in [0, 0.05) is 19.5 Å². The first-order valence-electron chi connectivity index (χ1n) is 14.2. The van der Waals surface area contributed by atoms with E-state index in [1.54, 1.807) is 0 Å². The number of likely N-dealkylation sites (N-methyl/N-ethyl adjacent to an activating group) is 1. The van der Waals surface area contributed by atoms with Gasteiger partial charge in [-0.3, -0.25) is 9.68 Å². The van der Waals surface area contributed by atoms with E-state index in [9.17, 15) is 24.9 Å².